The smallest absolute Gasteiger partial charge is 0.123 e. The number of halogens is 1. The van der Waals surface area contributed by atoms with Gasteiger partial charge in [-0.15, -0.1) is 0 Å². The molecule has 2 N–H and O–H groups in total. The molecule has 0 amide bonds. The van der Waals surface area contributed by atoms with E-state index in [1.165, 1.54) is 0 Å². The van der Waals surface area contributed by atoms with Crippen LogP contribution >= 0.6 is 11.6 Å². The summed E-state index contributed by atoms with van der Waals surface area (Å²) < 4.78 is 5.70. The molecule has 108 valence electrons. The van der Waals surface area contributed by atoms with Gasteiger partial charge in [0.05, 0.1) is 12.7 Å². The molecule has 0 saturated heterocycles. The number of benzene rings is 1. The van der Waals surface area contributed by atoms with Gasteiger partial charge in [0.15, 0.2) is 0 Å². The average molecular weight is 286 g/mol. The lowest BCUT2D eigenvalue weighted by Crippen LogP contribution is -2.19. The quantitative estimate of drug-likeness (QED) is 0.770. The maximum absolute atomic E-state index is 9.23. The molecule has 0 aliphatic rings. The maximum atomic E-state index is 9.23. The van der Waals surface area contributed by atoms with Gasteiger partial charge in [0, 0.05) is 23.6 Å². The maximum Gasteiger partial charge on any atom is 0.123 e. The molecular weight excluding hydrogens is 262 g/mol. The Morgan fingerprint density at radius 2 is 2.05 bits per heavy atom. The highest BCUT2D eigenvalue weighted by atomic mass is 35.5. The Labute approximate surface area is 120 Å². The Morgan fingerprint density at radius 1 is 1.32 bits per heavy atom. The Balaban J connectivity index is 2.58. The third kappa shape index (κ3) is 6.81. The molecule has 1 unspecified atom stereocenters. The molecule has 0 saturated carbocycles. The largest absolute Gasteiger partial charge is 0.493 e. The molecule has 4 heteroatoms. The first-order valence-electron chi connectivity index (χ1n) is 6.79. The van der Waals surface area contributed by atoms with Gasteiger partial charge in [-0.25, -0.2) is 0 Å². The highest BCUT2D eigenvalue weighted by Crippen LogP contribution is 2.23. The molecular formula is C15H24ClNO2. The van der Waals surface area contributed by atoms with E-state index in [1.54, 1.807) is 6.92 Å². The summed E-state index contributed by atoms with van der Waals surface area (Å²) in [6.45, 7) is 8.31. The lowest BCUT2D eigenvalue weighted by molar-refractivity contribution is 0.155. The molecule has 0 heterocycles. The first-order chi connectivity index (χ1) is 8.99. The topological polar surface area (TPSA) is 41.5 Å². The van der Waals surface area contributed by atoms with Crippen LogP contribution in [0.1, 0.15) is 32.8 Å². The van der Waals surface area contributed by atoms with Gasteiger partial charge in [0.2, 0.25) is 0 Å². The summed E-state index contributed by atoms with van der Waals surface area (Å²) in [6.07, 6.45) is 0.288. The lowest BCUT2D eigenvalue weighted by atomic mass is 10.1. The standard InChI is InChI=1S/C15H24ClNO2/c1-11(2)9-17-10-13-8-14(16)4-5-15(13)19-7-6-12(3)18/h4-5,8,11-12,17-18H,6-7,9-10H2,1-3H3. The molecule has 1 rings (SSSR count). The second-order valence-corrected chi connectivity index (χ2v) is 5.70. The molecule has 0 aliphatic carbocycles. The number of hydrogen-bond donors (Lipinski definition) is 2. The predicted molar refractivity (Wildman–Crippen MR) is 79.8 cm³/mol. The highest BCUT2D eigenvalue weighted by molar-refractivity contribution is 6.30. The first kappa shape index (κ1) is 16.3. The van der Waals surface area contributed by atoms with Crippen LogP contribution in [0.25, 0.3) is 0 Å². The Hall–Kier alpha value is -0.770. The van der Waals surface area contributed by atoms with E-state index in [1.807, 2.05) is 18.2 Å². The molecule has 0 bridgehead atoms. The Morgan fingerprint density at radius 3 is 2.68 bits per heavy atom. The van der Waals surface area contributed by atoms with Crippen LogP contribution in [0.5, 0.6) is 5.75 Å². The average Bonchev–Trinajstić information content (AvgIpc) is 2.31. The van der Waals surface area contributed by atoms with E-state index in [0.29, 0.717) is 24.0 Å². The van der Waals surface area contributed by atoms with Gasteiger partial charge in [-0.1, -0.05) is 25.4 Å². The molecule has 0 spiro atoms. The highest BCUT2D eigenvalue weighted by Gasteiger charge is 2.06. The van der Waals surface area contributed by atoms with E-state index in [2.05, 4.69) is 19.2 Å². The fourth-order valence-corrected chi connectivity index (χ4v) is 1.86. The van der Waals surface area contributed by atoms with Crippen molar-refractivity contribution in [1.29, 1.82) is 0 Å². The Kier molecular flexibility index (Phi) is 7.21. The fraction of sp³-hybridized carbons (Fsp3) is 0.600. The van der Waals surface area contributed by atoms with Gasteiger partial charge in [-0.3, -0.25) is 0 Å². The minimum Gasteiger partial charge on any atom is -0.493 e. The van der Waals surface area contributed by atoms with Crippen molar-refractivity contribution in [3.63, 3.8) is 0 Å². The van der Waals surface area contributed by atoms with Crippen molar-refractivity contribution >= 4 is 11.6 Å². The Bertz CT molecular complexity index is 380. The van der Waals surface area contributed by atoms with Crippen molar-refractivity contribution in [2.45, 2.75) is 39.8 Å². The third-order valence-corrected chi connectivity index (χ3v) is 2.92. The van der Waals surface area contributed by atoms with Crippen LogP contribution in [0.4, 0.5) is 0 Å². The minimum atomic E-state index is -0.338. The second kappa shape index (κ2) is 8.41. The summed E-state index contributed by atoms with van der Waals surface area (Å²) in [4.78, 5) is 0. The summed E-state index contributed by atoms with van der Waals surface area (Å²) >= 11 is 6.02. The predicted octanol–water partition coefficient (Wildman–Crippen LogP) is 3.24. The molecule has 1 aromatic rings. The van der Waals surface area contributed by atoms with E-state index in [-0.39, 0.29) is 6.10 Å². The number of ether oxygens (including phenoxy) is 1. The van der Waals surface area contributed by atoms with Crippen molar-refractivity contribution in [3.8, 4) is 5.75 Å². The zero-order chi connectivity index (χ0) is 14.3. The van der Waals surface area contributed by atoms with Crippen LogP contribution in [0.15, 0.2) is 18.2 Å². The van der Waals surface area contributed by atoms with Crippen LogP contribution in [0.3, 0.4) is 0 Å². The summed E-state index contributed by atoms with van der Waals surface area (Å²) in [5.74, 6) is 1.44. The number of aliphatic hydroxyl groups is 1. The van der Waals surface area contributed by atoms with Crippen LogP contribution in [-0.4, -0.2) is 24.4 Å². The summed E-state index contributed by atoms with van der Waals surface area (Å²) in [6, 6.07) is 5.63. The number of aliphatic hydroxyl groups excluding tert-OH is 1. The normalized spacial score (nSPS) is 12.7. The zero-order valence-corrected chi connectivity index (χ0v) is 12.7. The van der Waals surface area contributed by atoms with E-state index in [4.69, 9.17) is 16.3 Å². The van der Waals surface area contributed by atoms with Crippen molar-refractivity contribution < 1.29 is 9.84 Å². The fourth-order valence-electron chi connectivity index (χ4n) is 1.66. The molecule has 1 atom stereocenters. The molecule has 3 nitrogen and oxygen atoms in total. The SMILES string of the molecule is CC(C)CNCc1cc(Cl)ccc1OCCC(C)O. The van der Waals surface area contributed by atoms with Crippen LogP contribution < -0.4 is 10.1 Å². The lowest BCUT2D eigenvalue weighted by Gasteiger charge is -2.14. The van der Waals surface area contributed by atoms with Gasteiger partial charge in [-0.05, 0) is 37.6 Å². The van der Waals surface area contributed by atoms with Gasteiger partial charge >= 0.3 is 0 Å². The second-order valence-electron chi connectivity index (χ2n) is 5.26. The van der Waals surface area contributed by atoms with Crippen molar-refractivity contribution in [2.24, 2.45) is 5.92 Å². The van der Waals surface area contributed by atoms with Crippen molar-refractivity contribution in [2.75, 3.05) is 13.2 Å². The van der Waals surface area contributed by atoms with E-state index >= 15 is 0 Å². The van der Waals surface area contributed by atoms with Crippen LogP contribution in [-0.2, 0) is 6.54 Å². The van der Waals surface area contributed by atoms with Gasteiger partial charge in [0.1, 0.15) is 5.75 Å². The molecule has 0 fully saturated rings. The van der Waals surface area contributed by atoms with E-state index in [9.17, 15) is 5.11 Å². The third-order valence-electron chi connectivity index (χ3n) is 2.68. The van der Waals surface area contributed by atoms with E-state index in [0.717, 1.165) is 24.4 Å². The van der Waals surface area contributed by atoms with Gasteiger partial charge in [-0.2, -0.15) is 0 Å². The van der Waals surface area contributed by atoms with Crippen LogP contribution in [0, 0.1) is 5.92 Å². The summed E-state index contributed by atoms with van der Waals surface area (Å²) in [5.41, 5.74) is 1.05. The molecule has 19 heavy (non-hydrogen) atoms. The number of nitrogens with one attached hydrogen (secondary N) is 1. The minimum absolute atomic E-state index is 0.338. The molecule has 0 aromatic heterocycles. The van der Waals surface area contributed by atoms with Crippen LogP contribution in [0.2, 0.25) is 5.02 Å². The van der Waals surface area contributed by atoms with Gasteiger partial charge in [0.25, 0.3) is 0 Å². The summed E-state index contributed by atoms with van der Waals surface area (Å²) in [5, 5.41) is 13.3. The molecule has 0 aliphatic heterocycles. The first-order valence-corrected chi connectivity index (χ1v) is 7.17. The van der Waals surface area contributed by atoms with Crippen molar-refractivity contribution in [1.82, 2.24) is 5.32 Å². The van der Waals surface area contributed by atoms with Gasteiger partial charge < -0.3 is 15.2 Å². The van der Waals surface area contributed by atoms with Crippen molar-refractivity contribution in [3.05, 3.63) is 28.8 Å². The number of rotatable bonds is 8. The number of hydrogen-bond acceptors (Lipinski definition) is 3. The summed E-state index contributed by atoms with van der Waals surface area (Å²) in [7, 11) is 0. The van der Waals surface area contributed by atoms with E-state index < -0.39 is 0 Å². The molecule has 1 aromatic carbocycles. The molecule has 0 radical (unpaired) electrons. The monoisotopic (exact) mass is 285 g/mol. The zero-order valence-electron chi connectivity index (χ0n) is 11.9.